The predicted octanol–water partition coefficient (Wildman–Crippen LogP) is 4.12. The van der Waals surface area contributed by atoms with Gasteiger partial charge in [-0.2, -0.15) is 0 Å². The Kier molecular flexibility index (Phi) is 3.38. The lowest BCUT2D eigenvalue weighted by atomic mass is 10.2. The number of hydrogen-bond donors (Lipinski definition) is 1. The molecule has 2 rings (SSSR count). The van der Waals surface area contributed by atoms with Gasteiger partial charge in [0.15, 0.2) is 0 Å². The van der Waals surface area contributed by atoms with Crippen molar-refractivity contribution in [3.05, 3.63) is 20.3 Å². The monoisotopic (exact) mass is 249 g/mol. The Morgan fingerprint density at radius 1 is 1.57 bits per heavy atom. The molecule has 0 amide bonds. The molecule has 1 aromatic rings. The van der Waals surface area contributed by atoms with Gasteiger partial charge in [0.25, 0.3) is 0 Å². The maximum atomic E-state index is 6.06. The normalized spacial score (nSPS) is 18.5. The molecule has 1 aliphatic rings. The molecule has 1 atom stereocenters. The third-order valence-electron chi connectivity index (χ3n) is 2.56. The van der Waals surface area contributed by atoms with Crippen molar-refractivity contribution in [3.63, 3.8) is 0 Å². The molecule has 0 spiro atoms. The van der Waals surface area contributed by atoms with E-state index in [1.807, 2.05) is 6.07 Å². The number of hydrogen-bond acceptors (Lipinski definition) is 2. The van der Waals surface area contributed by atoms with Crippen LogP contribution in [0.2, 0.25) is 8.67 Å². The maximum absolute atomic E-state index is 6.06. The zero-order valence-corrected chi connectivity index (χ0v) is 10.3. The molecule has 4 heteroatoms. The Labute approximate surface area is 98.4 Å². The Morgan fingerprint density at radius 2 is 2.29 bits per heavy atom. The minimum atomic E-state index is 0.312. The molecule has 1 aromatic heterocycles. The van der Waals surface area contributed by atoms with Crippen LogP contribution in [-0.4, -0.2) is 6.54 Å². The number of thiophene rings is 1. The summed E-state index contributed by atoms with van der Waals surface area (Å²) < 4.78 is 1.58. The number of nitrogens with one attached hydrogen (secondary N) is 1. The first-order valence-corrected chi connectivity index (χ1v) is 6.42. The number of halogens is 2. The third kappa shape index (κ3) is 2.63. The molecule has 1 nitrogen and oxygen atoms in total. The summed E-state index contributed by atoms with van der Waals surface area (Å²) in [5.74, 6) is 0.894. The summed E-state index contributed by atoms with van der Waals surface area (Å²) in [4.78, 5) is 0. The van der Waals surface area contributed by atoms with Crippen LogP contribution >= 0.6 is 34.5 Å². The number of rotatable bonds is 4. The second kappa shape index (κ2) is 4.40. The van der Waals surface area contributed by atoms with Gasteiger partial charge in [-0.05, 0) is 43.9 Å². The topological polar surface area (TPSA) is 12.0 Å². The van der Waals surface area contributed by atoms with Gasteiger partial charge in [0.2, 0.25) is 0 Å². The van der Waals surface area contributed by atoms with Crippen molar-refractivity contribution in [2.45, 2.75) is 25.8 Å². The summed E-state index contributed by atoms with van der Waals surface area (Å²) >= 11 is 13.4. The van der Waals surface area contributed by atoms with E-state index in [2.05, 4.69) is 12.2 Å². The highest BCUT2D eigenvalue weighted by molar-refractivity contribution is 7.20. The van der Waals surface area contributed by atoms with Crippen LogP contribution in [-0.2, 0) is 0 Å². The summed E-state index contributed by atoms with van der Waals surface area (Å²) in [6, 6.07) is 2.27. The molecule has 1 unspecified atom stereocenters. The lowest BCUT2D eigenvalue weighted by Gasteiger charge is -2.12. The van der Waals surface area contributed by atoms with E-state index >= 15 is 0 Å². The summed E-state index contributed by atoms with van der Waals surface area (Å²) in [6.45, 7) is 3.23. The quantitative estimate of drug-likeness (QED) is 0.847. The van der Waals surface area contributed by atoms with Crippen molar-refractivity contribution in [2.24, 2.45) is 5.92 Å². The zero-order chi connectivity index (χ0) is 10.1. The van der Waals surface area contributed by atoms with E-state index in [4.69, 9.17) is 23.2 Å². The molecule has 1 N–H and O–H groups in total. The zero-order valence-electron chi connectivity index (χ0n) is 8.02. The van der Waals surface area contributed by atoms with Crippen LogP contribution in [0.15, 0.2) is 6.07 Å². The van der Waals surface area contributed by atoms with Crippen molar-refractivity contribution < 1.29 is 0 Å². The molecular weight excluding hydrogens is 237 g/mol. The average Bonchev–Trinajstić information content (AvgIpc) is 2.88. The van der Waals surface area contributed by atoms with Gasteiger partial charge in [0.05, 0.1) is 8.67 Å². The van der Waals surface area contributed by atoms with Crippen molar-refractivity contribution in [1.29, 1.82) is 0 Å². The summed E-state index contributed by atoms with van der Waals surface area (Å²) in [6.07, 6.45) is 2.75. The van der Waals surface area contributed by atoms with E-state index in [-0.39, 0.29) is 0 Å². The molecule has 14 heavy (non-hydrogen) atoms. The van der Waals surface area contributed by atoms with Crippen LogP contribution in [0.1, 0.15) is 31.4 Å². The van der Waals surface area contributed by atoms with Gasteiger partial charge in [-0.25, -0.2) is 0 Å². The SMILES string of the molecule is CC(NCC1CC1)c1cc(Cl)sc1Cl. The minimum Gasteiger partial charge on any atom is -0.310 e. The summed E-state index contributed by atoms with van der Waals surface area (Å²) in [5, 5.41) is 3.48. The van der Waals surface area contributed by atoms with Gasteiger partial charge in [-0.15, -0.1) is 11.3 Å². The first-order chi connectivity index (χ1) is 6.66. The Hall–Kier alpha value is 0.240. The molecule has 0 radical (unpaired) electrons. The smallest absolute Gasteiger partial charge is 0.0991 e. The predicted molar refractivity (Wildman–Crippen MR) is 63.5 cm³/mol. The van der Waals surface area contributed by atoms with E-state index in [0.29, 0.717) is 6.04 Å². The van der Waals surface area contributed by atoms with Crippen molar-refractivity contribution in [1.82, 2.24) is 5.32 Å². The molecule has 78 valence electrons. The second-order valence-corrected chi connectivity index (χ2v) is 6.14. The summed E-state index contributed by atoms with van der Waals surface area (Å²) in [5.41, 5.74) is 1.13. The summed E-state index contributed by atoms with van der Waals surface area (Å²) in [7, 11) is 0. The molecule has 1 fully saturated rings. The van der Waals surface area contributed by atoms with Crippen LogP contribution in [0.4, 0.5) is 0 Å². The Morgan fingerprint density at radius 3 is 2.79 bits per heavy atom. The van der Waals surface area contributed by atoms with E-state index in [1.54, 1.807) is 0 Å². The van der Waals surface area contributed by atoms with Crippen LogP contribution < -0.4 is 5.32 Å². The van der Waals surface area contributed by atoms with Crippen LogP contribution in [0.5, 0.6) is 0 Å². The minimum absolute atomic E-state index is 0.312. The van der Waals surface area contributed by atoms with Gasteiger partial charge in [0, 0.05) is 6.04 Å². The lowest BCUT2D eigenvalue weighted by molar-refractivity contribution is 0.550. The Bertz CT molecular complexity index is 320. The fraction of sp³-hybridized carbons (Fsp3) is 0.600. The van der Waals surface area contributed by atoms with Gasteiger partial charge in [-0.3, -0.25) is 0 Å². The van der Waals surface area contributed by atoms with E-state index in [9.17, 15) is 0 Å². The average molecular weight is 250 g/mol. The molecule has 1 aliphatic carbocycles. The van der Waals surface area contributed by atoms with Crippen molar-refractivity contribution in [2.75, 3.05) is 6.54 Å². The van der Waals surface area contributed by atoms with Gasteiger partial charge >= 0.3 is 0 Å². The Balaban J connectivity index is 1.94. The second-order valence-electron chi connectivity index (χ2n) is 3.85. The van der Waals surface area contributed by atoms with E-state index < -0.39 is 0 Å². The largest absolute Gasteiger partial charge is 0.310 e. The lowest BCUT2D eigenvalue weighted by Crippen LogP contribution is -2.20. The molecule has 0 aliphatic heterocycles. The van der Waals surface area contributed by atoms with Gasteiger partial charge in [-0.1, -0.05) is 23.2 Å². The highest BCUT2D eigenvalue weighted by atomic mass is 35.5. The van der Waals surface area contributed by atoms with Gasteiger partial charge < -0.3 is 5.32 Å². The van der Waals surface area contributed by atoms with Crippen LogP contribution in [0.3, 0.4) is 0 Å². The molecule has 1 saturated carbocycles. The highest BCUT2D eigenvalue weighted by Crippen LogP contribution is 2.35. The molecule has 0 bridgehead atoms. The molecular formula is C10H13Cl2NS. The molecule has 0 aromatic carbocycles. The fourth-order valence-corrected chi connectivity index (χ4v) is 3.07. The van der Waals surface area contributed by atoms with Crippen molar-refractivity contribution >= 4 is 34.5 Å². The maximum Gasteiger partial charge on any atom is 0.0991 e. The fourth-order valence-electron chi connectivity index (χ4n) is 1.42. The van der Waals surface area contributed by atoms with Crippen LogP contribution in [0, 0.1) is 5.92 Å². The van der Waals surface area contributed by atoms with E-state index in [0.717, 1.165) is 26.7 Å². The third-order valence-corrected chi connectivity index (χ3v) is 4.08. The van der Waals surface area contributed by atoms with Crippen molar-refractivity contribution in [3.8, 4) is 0 Å². The molecule has 1 heterocycles. The van der Waals surface area contributed by atoms with Crippen LogP contribution in [0.25, 0.3) is 0 Å². The molecule has 0 saturated heterocycles. The highest BCUT2D eigenvalue weighted by Gasteiger charge is 2.22. The standard InChI is InChI=1S/C10H13Cl2NS/c1-6(13-5-7-2-3-7)8-4-9(11)14-10(8)12/h4,6-7,13H,2-3,5H2,1H3. The van der Waals surface area contributed by atoms with Gasteiger partial charge in [0.1, 0.15) is 0 Å². The first kappa shape index (κ1) is 10.7. The van der Waals surface area contributed by atoms with E-state index in [1.165, 1.54) is 24.2 Å². The first-order valence-electron chi connectivity index (χ1n) is 4.85.